The van der Waals surface area contributed by atoms with Crippen molar-refractivity contribution in [1.82, 2.24) is 24.8 Å². The minimum atomic E-state index is -5.18. The number of nitrogens with one attached hydrogen (secondary N) is 1. The number of alkyl halides is 3. The molecule has 3 fully saturated rings. The number of piperazine rings is 1. The van der Waals surface area contributed by atoms with Gasteiger partial charge in [-0.25, -0.2) is 8.78 Å². The van der Waals surface area contributed by atoms with Crippen LogP contribution in [0, 0.1) is 11.6 Å². The second kappa shape index (κ2) is 10.5. The Hall–Kier alpha value is -4.04. The SMILES string of the molecule is [2H]C([2H])([2H])N1CCC[C@H]1COc1nc(N2C[C@H]3CC[C@@H](C2)N3)c2cc(C(F)(F)F)n(-c3cc(O)cc4ccc(F)c(F)c34)c(=O)c2n1. The van der Waals surface area contributed by atoms with E-state index < -0.39 is 64.4 Å². The van der Waals surface area contributed by atoms with Crippen molar-refractivity contribution in [1.29, 1.82) is 0 Å². The molecule has 0 unspecified atom stereocenters. The molecule has 2 bridgehead atoms. The van der Waals surface area contributed by atoms with Crippen LogP contribution < -0.4 is 20.5 Å². The van der Waals surface area contributed by atoms with E-state index in [1.54, 1.807) is 4.90 Å². The molecule has 3 atom stereocenters. The van der Waals surface area contributed by atoms with Crippen molar-refractivity contribution in [3.63, 3.8) is 0 Å². The minimum absolute atomic E-state index is 0.0234. The minimum Gasteiger partial charge on any atom is -0.508 e. The predicted molar refractivity (Wildman–Crippen MR) is 153 cm³/mol. The maximum Gasteiger partial charge on any atom is 0.431 e. The van der Waals surface area contributed by atoms with Crippen LogP contribution >= 0.6 is 0 Å². The molecule has 4 aromatic rings. The van der Waals surface area contributed by atoms with Gasteiger partial charge in [0.05, 0.1) is 11.1 Å². The van der Waals surface area contributed by atoms with E-state index in [9.17, 15) is 27.5 Å². The molecular formula is C30H29F5N6O3. The quantitative estimate of drug-likeness (QED) is 0.319. The third kappa shape index (κ3) is 4.89. The van der Waals surface area contributed by atoms with E-state index in [0.29, 0.717) is 38.5 Å². The van der Waals surface area contributed by atoms with Crippen LogP contribution in [0.3, 0.4) is 0 Å². The number of likely N-dealkylation sites (N-methyl/N-ethyl adjacent to an activating group) is 1. The largest absolute Gasteiger partial charge is 0.508 e. The lowest BCUT2D eigenvalue weighted by Crippen LogP contribution is -2.51. The Balaban J connectivity index is 1.45. The number of fused-ring (bicyclic) bond motifs is 4. The van der Waals surface area contributed by atoms with Crippen molar-refractivity contribution < 1.29 is 35.9 Å². The Morgan fingerprint density at radius 2 is 1.89 bits per heavy atom. The molecule has 0 amide bonds. The van der Waals surface area contributed by atoms with Crippen molar-refractivity contribution in [2.24, 2.45) is 0 Å². The molecule has 2 aromatic carbocycles. The lowest BCUT2D eigenvalue weighted by atomic mass is 10.1. The van der Waals surface area contributed by atoms with Crippen LogP contribution in [0.1, 0.15) is 35.5 Å². The van der Waals surface area contributed by atoms with E-state index in [2.05, 4.69) is 15.3 Å². The summed E-state index contributed by atoms with van der Waals surface area (Å²) in [5.41, 5.74) is -4.07. The van der Waals surface area contributed by atoms with Gasteiger partial charge in [0.15, 0.2) is 11.6 Å². The number of hydrogen-bond acceptors (Lipinski definition) is 8. The molecule has 2 N–H and O–H groups in total. The molecule has 7 rings (SSSR count). The van der Waals surface area contributed by atoms with E-state index >= 15 is 4.39 Å². The summed E-state index contributed by atoms with van der Waals surface area (Å²) in [4.78, 5) is 26.0. The highest BCUT2D eigenvalue weighted by molar-refractivity contribution is 5.94. The molecule has 0 aliphatic carbocycles. The van der Waals surface area contributed by atoms with Crippen LogP contribution in [0.4, 0.5) is 27.8 Å². The molecule has 0 radical (unpaired) electrons. The van der Waals surface area contributed by atoms with Crippen molar-refractivity contribution in [2.45, 2.75) is 50.0 Å². The highest BCUT2D eigenvalue weighted by Crippen LogP contribution is 2.38. The highest BCUT2D eigenvalue weighted by atomic mass is 19.4. The number of benzene rings is 2. The molecule has 14 heteroatoms. The molecule has 3 aliphatic heterocycles. The molecule has 3 saturated heterocycles. The van der Waals surface area contributed by atoms with Gasteiger partial charge in [-0.05, 0) is 62.8 Å². The second-order valence-electron chi connectivity index (χ2n) is 11.5. The fourth-order valence-electron chi connectivity index (χ4n) is 6.59. The summed E-state index contributed by atoms with van der Waals surface area (Å²) in [6, 6.07) is 3.52. The summed E-state index contributed by atoms with van der Waals surface area (Å²) in [5, 5.41) is 12.8. The Bertz CT molecular complexity index is 1940. The molecule has 5 heterocycles. The highest BCUT2D eigenvalue weighted by Gasteiger charge is 2.39. The van der Waals surface area contributed by atoms with Crippen molar-refractivity contribution in [2.75, 3.05) is 38.1 Å². The topological polar surface area (TPSA) is 95.8 Å². The number of phenols is 1. The van der Waals surface area contributed by atoms with E-state index in [4.69, 9.17) is 8.85 Å². The third-order valence-corrected chi connectivity index (χ3v) is 8.63. The van der Waals surface area contributed by atoms with Crippen molar-refractivity contribution in [3.8, 4) is 17.4 Å². The van der Waals surface area contributed by atoms with Gasteiger partial charge in [-0.2, -0.15) is 23.1 Å². The Labute approximate surface area is 252 Å². The van der Waals surface area contributed by atoms with Gasteiger partial charge in [0, 0.05) is 46.8 Å². The average molecular weight is 620 g/mol. The number of halogens is 5. The number of aromatic nitrogens is 3. The standard InChI is InChI=1S/C30H29F5N6O3/c1-39-8-2-3-18(39)14-44-29-37-26-20(27(38-29)40-12-16-5-6-17(13-40)36-16)11-23(30(33,34)35)41(28(26)43)22-10-19(42)9-15-4-7-21(31)25(32)24(15)22/h4,7,9-11,16-18,36,42H,2-3,5-6,8,12-14H2,1H3/t16-,17+,18-/m0/s1/i1D3. The van der Waals surface area contributed by atoms with E-state index in [1.807, 2.05) is 0 Å². The van der Waals surface area contributed by atoms with Gasteiger partial charge in [-0.15, -0.1) is 0 Å². The number of aromatic hydroxyl groups is 1. The van der Waals surface area contributed by atoms with Crippen LogP contribution in [0.15, 0.2) is 35.1 Å². The summed E-state index contributed by atoms with van der Waals surface area (Å²) < 4.78 is 104. The van der Waals surface area contributed by atoms with Gasteiger partial charge in [0.2, 0.25) is 0 Å². The number of phenolic OH excluding ortho intramolecular Hbond substituents is 1. The zero-order valence-corrected chi connectivity index (χ0v) is 23.2. The first kappa shape index (κ1) is 25.3. The molecule has 232 valence electrons. The summed E-state index contributed by atoms with van der Waals surface area (Å²) >= 11 is 0. The molecule has 0 spiro atoms. The summed E-state index contributed by atoms with van der Waals surface area (Å²) in [7, 11) is 0. The third-order valence-electron chi connectivity index (χ3n) is 8.63. The number of nitrogens with zero attached hydrogens (tertiary/aromatic N) is 5. The van der Waals surface area contributed by atoms with E-state index in [-0.39, 0.29) is 45.9 Å². The van der Waals surface area contributed by atoms with Gasteiger partial charge in [0.25, 0.3) is 5.56 Å². The first-order valence-electron chi connectivity index (χ1n) is 15.8. The van der Waals surface area contributed by atoms with Crippen LogP contribution in [-0.2, 0) is 6.18 Å². The van der Waals surface area contributed by atoms with Crippen LogP contribution in [0.5, 0.6) is 11.8 Å². The van der Waals surface area contributed by atoms with Crippen LogP contribution in [-0.4, -0.2) is 75.9 Å². The fourth-order valence-corrected chi connectivity index (χ4v) is 6.59. The van der Waals surface area contributed by atoms with E-state index in [0.717, 1.165) is 37.1 Å². The number of likely N-dealkylation sites (tertiary alicyclic amines) is 1. The first-order valence-corrected chi connectivity index (χ1v) is 14.3. The second-order valence-corrected chi connectivity index (χ2v) is 11.5. The van der Waals surface area contributed by atoms with Crippen molar-refractivity contribution in [3.05, 3.63) is 58.0 Å². The summed E-state index contributed by atoms with van der Waals surface area (Å²) in [6.07, 6.45) is -2.37. The molecule has 3 aliphatic rings. The number of ether oxygens (including phenoxy) is 1. The van der Waals surface area contributed by atoms with E-state index in [1.165, 1.54) is 4.90 Å². The lowest BCUT2D eigenvalue weighted by Gasteiger charge is -2.34. The molecule has 44 heavy (non-hydrogen) atoms. The van der Waals surface area contributed by atoms with Gasteiger partial charge < -0.3 is 25.0 Å². The van der Waals surface area contributed by atoms with Crippen LogP contribution in [0.25, 0.3) is 27.4 Å². The zero-order chi connectivity index (χ0) is 33.4. The Morgan fingerprint density at radius 1 is 1.11 bits per heavy atom. The Morgan fingerprint density at radius 3 is 2.61 bits per heavy atom. The lowest BCUT2D eigenvalue weighted by molar-refractivity contribution is -0.142. The fraction of sp³-hybridized carbons (Fsp3) is 0.433. The summed E-state index contributed by atoms with van der Waals surface area (Å²) in [5.74, 6) is -3.43. The smallest absolute Gasteiger partial charge is 0.431 e. The van der Waals surface area contributed by atoms with Gasteiger partial charge >= 0.3 is 12.2 Å². The predicted octanol–water partition coefficient (Wildman–Crippen LogP) is 4.35. The molecule has 2 aromatic heterocycles. The number of rotatable bonds is 5. The normalized spacial score (nSPS) is 23.7. The van der Waals surface area contributed by atoms with Crippen LogP contribution in [0.2, 0.25) is 0 Å². The number of pyridine rings is 1. The molecule has 9 nitrogen and oxygen atoms in total. The van der Waals surface area contributed by atoms with Gasteiger partial charge in [-0.3, -0.25) is 9.36 Å². The van der Waals surface area contributed by atoms with Gasteiger partial charge in [-0.1, -0.05) is 6.07 Å². The monoisotopic (exact) mass is 619 g/mol. The maximum absolute atomic E-state index is 15.2. The van der Waals surface area contributed by atoms with Crippen molar-refractivity contribution >= 4 is 27.5 Å². The summed E-state index contributed by atoms with van der Waals surface area (Å²) in [6.45, 7) is -1.46. The first-order chi connectivity index (χ1) is 22.2. The van der Waals surface area contributed by atoms with Gasteiger partial charge in [0.1, 0.15) is 29.4 Å². The maximum atomic E-state index is 15.2. The molecular weight excluding hydrogens is 587 g/mol. The number of anilines is 1. The molecule has 0 saturated carbocycles. The number of hydrogen-bond donors (Lipinski definition) is 2. The average Bonchev–Trinajstić information content (AvgIpc) is 3.62. The zero-order valence-electron chi connectivity index (χ0n) is 26.2. The Kier molecular flexibility index (Phi) is 6.06.